The summed E-state index contributed by atoms with van der Waals surface area (Å²) in [6.45, 7) is 6.66. The van der Waals surface area contributed by atoms with Gasteiger partial charge >= 0.3 is 17.9 Å². The molecular formula is C70H130O6. The molecule has 0 spiro atoms. The second-order valence-electron chi connectivity index (χ2n) is 23.1. The van der Waals surface area contributed by atoms with Crippen LogP contribution < -0.4 is 0 Å². The molecular weight excluding hydrogens is 937 g/mol. The maximum Gasteiger partial charge on any atom is 0.306 e. The summed E-state index contributed by atoms with van der Waals surface area (Å²) in [5.74, 6) is -0.859. The van der Waals surface area contributed by atoms with E-state index in [0.29, 0.717) is 19.3 Å². The molecule has 0 saturated heterocycles. The third kappa shape index (κ3) is 62.5. The van der Waals surface area contributed by atoms with Crippen molar-refractivity contribution in [3.8, 4) is 0 Å². The van der Waals surface area contributed by atoms with E-state index in [-0.39, 0.29) is 31.1 Å². The van der Waals surface area contributed by atoms with Crippen LogP contribution in [0, 0.1) is 0 Å². The maximum atomic E-state index is 12.9. The fraction of sp³-hybridized carbons (Fsp3) is 0.871. The number of allylic oxidation sites excluding steroid dienone is 6. The molecule has 0 amide bonds. The number of ether oxygens (including phenoxy) is 3. The standard InChI is InChI=1S/C70H130O6/c1-4-7-10-13-16-19-22-25-27-29-31-32-33-34-35-36-37-38-40-41-43-45-48-51-54-57-60-63-69(72)75-66-67(65-74-68(71)62-59-56-53-50-47-24-21-18-15-12-9-6-3)76-70(73)64-61-58-55-52-49-46-44-42-39-30-28-26-23-20-17-14-11-8-5-2/h17,20,26,28,39,42,67H,4-16,18-19,21-25,27,29-38,40-41,43-66H2,1-3H3/b20-17-,28-26-,42-39-. The largest absolute Gasteiger partial charge is 0.462 e. The number of esters is 3. The molecule has 0 bridgehead atoms. The van der Waals surface area contributed by atoms with Gasteiger partial charge in [-0.2, -0.15) is 0 Å². The molecule has 76 heavy (non-hydrogen) atoms. The van der Waals surface area contributed by atoms with Gasteiger partial charge in [-0.15, -0.1) is 0 Å². The van der Waals surface area contributed by atoms with E-state index in [1.54, 1.807) is 0 Å². The summed E-state index contributed by atoms with van der Waals surface area (Å²) in [5.41, 5.74) is 0. The molecule has 1 unspecified atom stereocenters. The van der Waals surface area contributed by atoms with E-state index in [1.165, 1.54) is 257 Å². The van der Waals surface area contributed by atoms with Crippen molar-refractivity contribution < 1.29 is 28.6 Å². The van der Waals surface area contributed by atoms with E-state index in [1.807, 2.05) is 0 Å². The first-order valence-electron chi connectivity index (χ1n) is 34.0. The van der Waals surface area contributed by atoms with E-state index < -0.39 is 6.10 Å². The van der Waals surface area contributed by atoms with Gasteiger partial charge in [-0.3, -0.25) is 14.4 Å². The summed E-state index contributed by atoms with van der Waals surface area (Å²) in [6.07, 6.45) is 80.3. The first-order valence-corrected chi connectivity index (χ1v) is 34.0. The number of carbonyl (C=O) groups excluding carboxylic acids is 3. The fourth-order valence-electron chi connectivity index (χ4n) is 10.3. The number of carbonyl (C=O) groups is 3. The molecule has 0 rings (SSSR count). The van der Waals surface area contributed by atoms with Crippen molar-refractivity contribution >= 4 is 17.9 Å². The van der Waals surface area contributed by atoms with Gasteiger partial charge in [0.05, 0.1) is 0 Å². The lowest BCUT2D eigenvalue weighted by molar-refractivity contribution is -0.167. The van der Waals surface area contributed by atoms with Crippen LogP contribution in [-0.2, 0) is 28.6 Å². The third-order valence-electron chi connectivity index (χ3n) is 15.4. The summed E-state index contributed by atoms with van der Waals surface area (Å²) < 4.78 is 16.9. The molecule has 0 aliphatic heterocycles. The average molecular weight is 1070 g/mol. The van der Waals surface area contributed by atoms with Gasteiger partial charge < -0.3 is 14.2 Å². The van der Waals surface area contributed by atoms with Crippen LogP contribution in [0.3, 0.4) is 0 Å². The molecule has 6 nitrogen and oxygen atoms in total. The molecule has 0 aromatic rings. The van der Waals surface area contributed by atoms with Crippen LogP contribution in [-0.4, -0.2) is 37.2 Å². The Balaban J connectivity index is 4.20. The monoisotopic (exact) mass is 1070 g/mol. The average Bonchev–Trinajstić information content (AvgIpc) is 3.42. The highest BCUT2D eigenvalue weighted by atomic mass is 16.6. The van der Waals surface area contributed by atoms with Gasteiger partial charge in [0.25, 0.3) is 0 Å². The molecule has 0 fully saturated rings. The van der Waals surface area contributed by atoms with Crippen LogP contribution in [0.2, 0.25) is 0 Å². The minimum Gasteiger partial charge on any atom is -0.462 e. The lowest BCUT2D eigenvalue weighted by atomic mass is 10.0. The second kappa shape index (κ2) is 65.2. The summed E-state index contributed by atoms with van der Waals surface area (Å²) in [7, 11) is 0. The highest BCUT2D eigenvalue weighted by Crippen LogP contribution is 2.18. The Labute approximate surface area is 474 Å². The van der Waals surface area contributed by atoms with Gasteiger partial charge in [-0.25, -0.2) is 0 Å². The molecule has 0 aromatic carbocycles. The molecule has 0 aliphatic carbocycles. The number of rotatable bonds is 63. The number of unbranched alkanes of at least 4 members (excludes halogenated alkanes) is 46. The Morgan fingerprint density at radius 1 is 0.263 bits per heavy atom. The summed E-state index contributed by atoms with van der Waals surface area (Å²) in [5, 5.41) is 0. The summed E-state index contributed by atoms with van der Waals surface area (Å²) in [4.78, 5) is 38.3. The Bertz CT molecular complexity index is 1270. The second-order valence-corrected chi connectivity index (χ2v) is 23.1. The van der Waals surface area contributed by atoms with Gasteiger partial charge in [-0.05, 0) is 57.8 Å². The van der Waals surface area contributed by atoms with Crippen LogP contribution in [0.25, 0.3) is 0 Å². The minimum atomic E-state index is -0.776. The Kier molecular flexibility index (Phi) is 63.1. The van der Waals surface area contributed by atoms with Crippen molar-refractivity contribution in [3.05, 3.63) is 36.5 Å². The Morgan fingerprint density at radius 2 is 0.474 bits per heavy atom. The molecule has 0 N–H and O–H groups in total. The molecule has 446 valence electrons. The molecule has 6 heteroatoms. The van der Waals surface area contributed by atoms with Crippen LogP contribution in [0.5, 0.6) is 0 Å². The predicted octanol–water partition coefficient (Wildman–Crippen LogP) is 23.2. The Morgan fingerprint density at radius 3 is 0.763 bits per heavy atom. The first-order chi connectivity index (χ1) is 37.5. The van der Waals surface area contributed by atoms with Gasteiger partial charge in [0.1, 0.15) is 13.2 Å². The number of hydrogen-bond acceptors (Lipinski definition) is 6. The zero-order valence-electron chi connectivity index (χ0n) is 51.3. The van der Waals surface area contributed by atoms with Crippen molar-refractivity contribution in [3.63, 3.8) is 0 Å². The van der Waals surface area contributed by atoms with Gasteiger partial charge in [0.15, 0.2) is 6.10 Å². The lowest BCUT2D eigenvalue weighted by Gasteiger charge is -2.18. The summed E-state index contributed by atoms with van der Waals surface area (Å²) >= 11 is 0. The van der Waals surface area contributed by atoms with Crippen molar-refractivity contribution in [1.29, 1.82) is 0 Å². The van der Waals surface area contributed by atoms with E-state index in [4.69, 9.17) is 14.2 Å². The van der Waals surface area contributed by atoms with E-state index in [9.17, 15) is 14.4 Å². The predicted molar refractivity (Wildman–Crippen MR) is 330 cm³/mol. The van der Waals surface area contributed by atoms with Crippen LogP contribution >= 0.6 is 0 Å². The molecule has 0 aromatic heterocycles. The SMILES string of the molecule is CCCCC/C=C\C/C=C\C/C=C\CCCCCCCCC(=O)OC(COC(=O)CCCCCCCCCCCCCC)COC(=O)CCCCCCCCCCCCCCCCCCCCCCCCCCCCC. The molecule has 0 heterocycles. The highest BCUT2D eigenvalue weighted by Gasteiger charge is 2.19. The van der Waals surface area contributed by atoms with Gasteiger partial charge in [0.2, 0.25) is 0 Å². The molecule has 0 radical (unpaired) electrons. The third-order valence-corrected chi connectivity index (χ3v) is 15.4. The van der Waals surface area contributed by atoms with Crippen LogP contribution in [0.15, 0.2) is 36.5 Å². The zero-order chi connectivity index (χ0) is 55.0. The lowest BCUT2D eigenvalue weighted by Crippen LogP contribution is -2.30. The van der Waals surface area contributed by atoms with Crippen LogP contribution in [0.4, 0.5) is 0 Å². The van der Waals surface area contributed by atoms with Crippen molar-refractivity contribution in [2.75, 3.05) is 13.2 Å². The molecule has 0 aliphatic rings. The molecule has 0 saturated carbocycles. The molecule has 1 atom stereocenters. The minimum absolute atomic E-state index is 0.0722. The van der Waals surface area contributed by atoms with Gasteiger partial charge in [-0.1, -0.05) is 333 Å². The normalized spacial score (nSPS) is 12.2. The van der Waals surface area contributed by atoms with E-state index in [0.717, 1.165) is 77.0 Å². The van der Waals surface area contributed by atoms with E-state index in [2.05, 4.69) is 57.2 Å². The van der Waals surface area contributed by atoms with Crippen molar-refractivity contribution in [1.82, 2.24) is 0 Å². The van der Waals surface area contributed by atoms with Gasteiger partial charge in [0, 0.05) is 19.3 Å². The first kappa shape index (κ1) is 73.6. The fourth-order valence-corrected chi connectivity index (χ4v) is 10.3. The quantitative estimate of drug-likeness (QED) is 0.0261. The van der Waals surface area contributed by atoms with Crippen molar-refractivity contribution in [2.24, 2.45) is 0 Å². The topological polar surface area (TPSA) is 78.9 Å². The highest BCUT2D eigenvalue weighted by molar-refractivity contribution is 5.71. The Hall–Kier alpha value is -2.37. The number of hydrogen-bond donors (Lipinski definition) is 0. The smallest absolute Gasteiger partial charge is 0.306 e. The van der Waals surface area contributed by atoms with Crippen molar-refractivity contribution in [2.45, 2.75) is 380 Å². The van der Waals surface area contributed by atoms with Crippen LogP contribution in [0.1, 0.15) is 374 Å². The van der Waals surface area contributed by atoms with E-state index >= 15 is 0 Å². The summed E-state index contributed by atoms with van der Waals surface area (Å²) in [6, 6.07) is 0. The maximum absolute atomic E-state index is 12.9. The zero-order valence-corrected chi connectivity index (χ0v) is 51.3.